The molecule has 2 rings (SSSR count). The number of guanidine groups is 1. The van der Waals surface area contributed by atoms with Crippen LogP contribution in [0.4, 0.5) is 0 Å². The van der Waals surface area contributed by atoms with Crippen molar-refractivity contribution in [3.63, 3.8) is 0 Å². The van der Waals surface area contributed by atoms with Gasteiger partial charge in [0.05, 0.1) is 10.0 Å². The normalized spacial score (nSPS) is 20.0. The van der Waals surface area contributed by atoms with Gasteiger partial charge in [0.15, 0.2) is 12.0 Å². The highest BCUT2D eigenvalue weighted by molar-refractivity contribution is 6.42. The quantitative estimate of drug-likeness (QED) is 0.785. The molecule has 15 heavy (non-hydrogen) atoms. The number of nitrogens with zero attached hydrogens (tertiary/aromatic N) is 1. The Morgan fingerprint density at radius 1 is 1.40 bits per heavy atom. The van der Waals surface area contributed by atoms with E-state index in [1.165, 1.54) is 0 Å². The highest BCUT2D eigenvalue weighted by Crippen LogP contribution is 2.32. The Hall–Kier alpha value is -1.26. The molecule has 1 aliphatic heterocycles. The standard InChI is InChI=1S/C9H7Cl2N3O/c10-5-3-1-2-4(6(5)11)7-8(15)14-9(12)13-7/h1-3,7H,(H3,12,13,14,15). The van der Waals surface area contributed by atoms with Crippen LogP contribution in [0.15, 0.2) is 23.2 Å². The summed E-state index contributed by atoms with van der Waals surface area (Å²) in [5, 5.41) is 3.12. The van der Waals surface area contributed by atoms with Gasteiger partial charge < -0.3 is 5.73 Å². The number of hydrogen-bond donors (Lipinski definition) is 2. The van der Waals surface area contributed by atoms with Crippen LogP contribution in [-0.2, 0) is 4.79 Å². The molecule has 0 spiro atoms. The molecule has 0 saturated heterocycles. The lowest BCUT2D eigenvalue weighted by atomic mass is 10.1. The van der Waals surface area contributed by atoms with E-state index in [1.807, 2.05) is 0 Å². The minimum absolute atomic E-state index is 0.0982. The molecule has 1 amide bonds. The molecule has 1 unspecified atom stereocenters. The van der Waals surface area contributed by atoms with E-state index < -0.39 is 6.04 Å². The number of nitrogens with two attached hydrogens (primary N) is 1. The number of rotatable bonds is 1. The molecule has 1 aliphatic rings. The van der Waals surface area contributed by atoms with Crippen LogP contribution in [0.25, 0.3) is 0 Å². The van der Waals surface area contributed by atoms with Gasteiger partial charge in [0, 0.05) is 5.56 Å². The summed E-state index contributed by atoms with van der Waals surface area (Å²) in [7, 11) is 0. The molecule has 0 fully saturated rings. The number of halogens is 2. The summed E-state index contributed by atoms with van der Waals surface area (Å²) < 4.78 is 0. The molecule has 1 heterocycles. The van der Waals surface area contributed by atoms with Crippen molar-refractivity contribution in [2.45, 2.75) is 6.04 Å². The van der Waals surface area contributed by atoms with Crippen LogP contribution < -0.4 is 11.1 Å². The molecular weight excluding hydrogens is 237 g/mol. The Kier molecular flexibility index (Phi) is 2.54. The van der Waals surface area contributed by atoms with Crippen molar-refractivity contribution in [3.05, 3.63) is 33.8 Å². The molecule has 0 aromatic heterocycles. The first-order valence-corrected chi connectivity index (χ1v) is 4.93. The van der Waals surface area contributed by atoms with Gasteiger partial charge in [-0.15, -0.1) is 0 Å². The summed E-state index contributed by atoms with van der Waals surface area (Å²) >= 11 is 11.8. The number of amides is 1. The van der Waals surface area contributed by atoms with E-state index in [1.54, 1.807) is 18.2 Å². The Morgan fingerprint density at radius 2 is 2.13 bits per heavy atom. The monoisotopic (exact) mass is 243 g/mol. The molecule has 3 N–H and O–H groups in total. The minimum Gasteiger partial charge on any atom is -0.370 e. The lowest BCUT2D eigenvalue weighted by molar-refractivity contribution is -0.120. The molecule has 78 valence electrons. The average molecular weight is 244 g/mol. The highest BCUT2D eigenvalue weighted by atomic mass is 35.5. The van der Waals surface area contributed by atoms with E-state index >= 15 is 0 Å². The lowest BCUT2D eigenvalue weighted by Crippen LogP contribution is -2.31. The van der Waals surface area contributed by atoms with Gasteiger partial charge in [0.25, 0.3) is 5.91 Å². The van der Waals surface area contributed by atoms with Crippen molar-refractivity contribution < 1.29 is 4.79 Å². The Labute approximate surface area is 96.1 Å². The smallest absolute Gasteiger partial charge is 0.256 e. The van der Waals surface area contributed by atoms with Crippen LogP contribution in [0.2, 0.25) is 10.0 Å². The second-order valence-corrected chi connectivity index (χ2v) is 3.83. The second kappa shape index (κ2) is 3.72. The minimum atomic E-state index is -0.698. The van der Waals surface area contributed by atoms with E-state index in [4.69, 9.17) is 28.9 Å². The third-order valence-corrected chi connectivity index (χ3v) is 2.88. The van der Waals surface area contributed by atoms with Crippen LogP contribution in [0.3, 0.4) is 0 Å². The number of carbonyl (C=O) groups excluding carboxylic acids is 1. The van der Waals surface area contributed by atoms with E-state index in [0.29, 0.717) is 15.6 Å². The Morgan fingerprint density at radius 3 is 2.73 bits per heavy atom. The van der Waals surface area contributed by atoms with Crippen LogP contribution in [-0.4, -0.2) is 11.9 Å². The SMILES string of the molecule is NC1=NC(c2cccc(Cl)c2Cl)C(=O)N1. The van der Waals surface area contributed by atoms with Gasteiger partial charge in [-0.05, 0) is 6.07 Å². The average Bonchev–Trinajstić information content (AvgIpc) is 2.50. The molecule has 6 heteroatoms. The third kappa shape index (κ3) is 1.78. The fraction of sp³-hybridized carbons (Fsp3) is 0.111. The van der Waals surface area contributed by atoms with Crippen molar-refractivity contribution in [2.75, 3.05) is 0 Å². The highest BCUT2D eigenvalue weighted by Gasteiger charge is 2.28. The maximum atomic E-state index is 11.4. The van der Waals surface area contributed by atoms with E-state index in [2.05, 4.69) is 10.3 Å². The molecule has 1 atom stereocenters. The number of carbonyl (C=O) groups is 1. The van der Waals surface area contributed by atoms with Gasteiger partial charge in [-0.2, -0.15) is 0 Å². The van der Waals surface area contributed by atoms with E-state index in [9.17, 15) is 4.79 Å². The zero-order valence-corrected chi connectivity index (χ0v) is 9.01. The van der Waals surface area contributed by atoms with Crippen molar-refractivity contribution in [1.82, 2.24) is 5.32 Å². The molecule has 4 nitrogen and oxygen atoms in total. The Balaban J connectivity index is 2.46. The lowest BCUT2D eigenvalue weighted by Gasteiger charge is -2.07. The number of aliphatic imine (C=N–C) groups is 1. The Bertz CT molecular complexity index is 459. The van der Waals surface area contributed by atoms with Gasteiger partial charge >= 0.3 is 0 Å². The first-order valence-electron chi connectivity index (χ1n) is 4.17. The summed E-state index contributed by atoms with van der Waals surface area (Å²) in [4.78, 5) is 15.4. The summed E-state index contributed by atoms with van der Waals surface area (Å²) in [5.74, 6) is -0.197. The van der Waals surface area contributed by atoms with Gasteiger partial charge in [-0.1, -0.05) is 35.3 Å². The first-order chi connectivity index (χ1) is 7.09. The molecule has 0 aliphatic carbocycles. The van der Waals surface area contributed by atoms with Crippen LogP contribution >= 0.6 is 23.2 Å². The number of hydrogen-bond acceptors (Lipinski definition) is 3. The van der Waals surface area contributed by atoms with Crippen LogP contribution in [0.1, 0.15) is 11.6 Å². The van der Waals surface area contributed by atoms with E-state index in [-0.39, 0.29) is 11.9 Å². The zero-order chi connectivity index (χ0) is 11.0. The summed E-state index contributed by atoms with van der Waals surface area (Å²) in [6.45, 7) is 0. The van der Waals surface area contributed by atoms with Crippen molar-refractivity contribution in [3.8, 4) is 0 Å². The van der Waals surface area contributed by atoms with Gasteiger partial charge in [-0.3, -0.25) is 10.1 Å². The maximum Gasteiger partial charge on any atom is 0.256 e. The third-order valence-electron chi connectivity index (χ3n) is 2.04. The zero-order valence-electron chi connectivity index (χ0n) is 7.50. The van der Waals surface area contributed by atoms with Gasteiger partial charge in [-0.25, -0.2) is 4.99 Å². The van der Waals surface area contributed by atoms with Crippen LogP contribution in [0.5, 0.6) is 0 Å². The molecule has 0 bridgehead atoms. The molecule has 1 aromatic carbocycles. The number of nitrogens with one attached hydrogen (secondary N) is 1. The fourth-order valence-corrected chi connectivity index (χ4v) is 1.78. The summed E-state index contributed by atoms with van der Waals surface area (Å²) in [6, 6.07) is 4.35. The van der Waals surface area contributed by atoms with Crippen LogP contribution in [0, 0.1) is 0 Å². The number of benzene rings is 1. The van der Waals surface area contributed by atoms with E-state index in [0.717, 1.165) is 0 Å². The van der Waals surface area contributed by atoms with Gasteiger partial charge in [0.2, 0.25) is 0 Å². The molecular formula is C9H7Cl2N3O. The van der Waals surface area contributed by atoms with Crippen molar-refractivity contribution >= 4 is 35.1 Å². The second-order valence-electron chi connectivity index (χ2n) is 3.05. The van der Waals surface area contributed by atoms with Gasteiger partial charge in [0.1, 0.15) is 0 Å². The summed E-state index contributed by atoms with van der Waals surface area (Å²) in [6.07, 6.45) is 0. The largest absolute Gasteiger partial charge is 0.370 e. The molecule has 0 radical (unpaired) electrons. The molecule has 1 aromatic rings. The first kappa shape index (κ1) is 10.3. The fourth-order valence-electron chi connectivity index (χ4n) is 1.37. The van der Waals surface area contributed by atoms with Crippen molar-refractivity contribution in [2.24, 2.45) is 10.7 Å². The topological polar surface area (TPSA) is 67.5 Å². The molecule has 0 saturated carbocycles. The van der Waals surface area contributed by atoms with Crippen molar-refractivity contribution in [1.29, 1.82) is 0 Å². The predicted octanol–water partition coefficient (Wildman–Crippen LogP) is 1.48. The summed E-state index contributed by atoms with van der Waals surface area (Å²) in [5.41, 5.74) is 5.94. The predicted molar refractivity (Wildman–Crippen MR) is 59.0 cm³/mol. The maximum absolute atomic E-state index is 11.4.